The van der Waals surface area contributed by atoms with Crippen molar-refractivity contribution in [3.63, 3.8) is 0 Å². The summed E-state index contributed by atoms with van der Waals surface area (Å²) in [4.78, 5) is 18.9. The maximum Gasteiger partial charge on any atom is 0.359 e. The van der Waals surface area contributed by atoms with Crippen LogP contribution in [0.25, 0.3) is 12.2 Å². The van der Waals surface area contributed by atoms with Crippen molar-refractivity contribution < 1.29 is 33.3 Å². The van der Waals surface area contributed by atoms with Gasteiger partial charge in [-0.3, -0.25) is 4.57 Å². The predicted octanol–water partition coefficient (Wildman–Crippen LogP) is 2.69. The standard InChI is InChI=1S/C18H21O7P/c1-22-14-8-7-12(11-17(14)26(19,20)21)5-6-13-9-15(23-2)18(25-4)16(10-13)24-3/h5-11H,1-4H3,(H2,19,20,21)/b6-5-. The molecule has 0 aliphatic carbocycles. The van der Waals surface area contributed by atoms with E-state index in [1.807, 2.05) is 0 Å². The van der Waals surface area contributed by atoms with Crippen LogP contribution in [0.15, 0.2) is 30.3 Å². The van der Waals surface area contributed by atoms with E-state index < -0.39 is 7.60 Å². The summed E-state index contributed by atoms with van der Waals surface area (Å²) < 4.78 is 32.5. The van der Waals surface area contributed by atoms with Crippen molar-refractivity contribution in [1.82, 2.24) is 0 Å². The zero-order valence-corrected chi connectivity index (χ0v) is 15.8. The molecule has 0 radical (unpaired) electrons. The highest BCUT2D eigenvalue weighted by atomic mass is 31.2. The molecular weight excluding hydrogens is 359 g/mol. The molecule has 7 nitrogen and oxygen atoms in total. The number of rotatable bonds is 7. The highest BCUT2D eigenvalue weighted by Crippen LogP contribution is 2.39. The quantitative estimate of drug-likeness (QED) is 0.563. The second-order valence-corrected chi connectivity index (χ2v) is 6.84. The van der Waals surface area contributed by atoms with Crippen molar-refractivity contribution in [3.8, 4) is 23.0 Å². The zero-order chi connectivity index (χ0) is 19.3. The molecule has 2 aromatic rings. The fraction of sp³-hybridized carbons (Fsp3) is 0.222. The second-order valence-electron chi connectivity index (χ2n) is 5.27. The maximum absolute atomic E-state index is 11.6. The van der Waals surface area contributed by atoms with Gasteiger partial charge >= 0.3 is 7.60 Å². The minimum Gasteiger partial charge on any atom is -0.496 e. The summed E-state index contributed by atoms with van der Waals surface area (Å²) >= 11 is 0. The predicted molar refractivity (Wildman–Crippen MR) is 99.7 cm³/mol. The van der Waals surface area contributed by atoms with E-state index in [1.54, 1.807) is 30.4 Å². The van der Waals surface area contributed by atoms with Gasteiger partial charge in [-0.15, -0.1) is 0 Å². The monoisotopic (exact) mass is 380 g/mol. The first-order valence-corrected chi connectivity index (χ1v) is 9.17. The van der Waals surface area contributed by atoms with Crippen LogP contribution in [0.3, 0.4) is 0 Å². The van der Waals surface area contributed by atoms with Crippen LogP contribution >= 0.6 is 7.60 Å². The third-order valence-electron chi connectivity index (χ3n) is 3.67. The molecule has 2 N–H and O–H groups in total. The molecule has 0 aromatic heterocycles. The smallest absolute Gasteiger partial charge is 0.359 e. The van der Waals surface area contributed by atoms with Gasteiger partial charge in [0.2, 0.25) is 5.75 Å². The second kappa shape index (κ2) is 8.27. The summed E-state index contributed by atoms with van der Waals surface area (Å²) in [7, 11) is 1.50. The Bertz CT molecular complexity index is 830. The zero-order valence-electron chi connectivity index (χ0n) is 14.9. The summed E-state index contributed by atoms with van der Waals surface area (Å²) in [6.07, 6.45) is 3.50. The minimum atomic E-state index is -4.45. The van der Waals surface area contributed by atoms with E-state index in [2.05, 4.69) is 0 Å². The number of benzene rings is 2. The molecule has 0 unspecified atom stereocenters. The fourth-order valence-electron chi connectivity index (χ4n) is 2.43. The fourth-order valence-corrected chi connectivity index (χ4v) is 3.20. The third kappa shape index (κ3) is 4.38. The Labute approximate surface area is 151 Å². The lowest BCUT2D eigenvalue weighted by molar-refractivity contribution is 0.324. The van der Waals surface area contributed by atoms with Crippen molar-refractivity contribution >= 4 is 25.1 Å². The van der Waals surface area contributed by atoms with Gasteiger partial charge in [-0.05, 0) is 35.4 Å². The summed E-state index contributed by atoms with van der Waals surface area (Å²) in [5.41, 5.74) is 1.38. The summed E-state index contributed by atoms with van der Waals surface area (Å²) in [5, 5.41) is -0.160. The highest BCUT2D eigenvalue weighted by molar-refractivity contribution is 7.60. The van der Waals surface area contributed by atoms with Crippen LogP contribution in [-0.4, -0.2) is 38.2 Å². The summed E-state index contributed by atoms with van der Waals surface area (Å²) in [6, 6.07) is 8.15. The SMILES string of the molecule is COc1ccc(/C=C\c2cc(OC)c(OC)c(OC)c2)cc1P(=O)(O)O. The first-order valence-electron chi connectivity index (χ1n) is 7.56. The topological polar surface area (TPSA) is 94.5 Å². The number of hydrogen-bond donors (Lipinski definition) is 2. The van der Waals surface area contributed by atoms with E-state index in [9.17, 15) is 14.4 Å². The molecule has 0 atom stereocenters. The Morgan fingerprint density at radius 1 is 0.769 bits per heavy atom. The van der Waals surface area contributed by atoms with Crippen LogP contribution in [0.2, 0.25) is 0 Å². The van der Waals surface area contributed by atoms with E-state index in [0.29, 0.717) is 22.8 Å². The van der Waals surface area contributed by atoms with Crippen LogP contribution < -0.4 is 24.3 Å². The van der Waals surface area contributed by atoms with Gasteiger partial charge in [0.25, 0.3) is 0 Å². The Morgan fingerprint density at radius 2 is 1.31 bits per heavy atom. The number of ether oxygens (including phenoxy) is 4. The first-order chi connectivity index (χ1) is 12.3. The molecule has 0 heterocycles. The van der Waals surface area contributed by atoms with Crippen LogP contribution in [0.1, 0.15) is 11.1 Å². The number of methoxy groups -OCH3 is 4. The Hall–Kier alpha value is -2.47. The lowest BCUT2D eigenvalue weighted by atomic mass is 10.1. The molecule has 0 aliphatic heterocycles. The normalized spacial score (nSPS) is 11.5. The molecule has 2 rings (SSSR count). The van der Waals surface area contributed by atoms with E-state index in [0.717, 1.165) is 5.56 Å². The third-order valence-corrected chi connectivity index (χ3v) is 4.65. The lowest BCUT2D eigenvalue weighted by Crippen LogP contribution is -2.08. The van der Waals surface area contributed by atoms with Crippen molar-refractivity contribution in [2.45, 2.75) is 0 Å². The molecule has 140 valence electrons. The van der Waals surface area contributed by atoms with Gasteiger partial charge in [0, 0.05) is 0 Å². The van der Waals surface area contributed by atoms with Crippen LogP contribution in [0, 0.1) is 0 Å². The molecule has 8 heteroatoms. The van der Waals surface area contributed by atoms with Gasteiger partial charge in [-0.25, -0.2) is 0 Å². The molecule has 0 bridgehead atoms. The van der Waals surface area contributed by atoms with E-state index >= 15 is 0 Å². The maximum atomic E-state index is 11.6. The Balaban J connectivity index is 2.43. The molecule has 26 heavy (non-hydrogen) atoms. The largest absolute Gasteiger partial charge is 0.496 e. The van der Waals surface area contributed by atoms with Gasteiger partial charge in [0.1, 0.15) is 11.1 Å². The average molecular weight is 380 g/mol. The number of hydrogen-bond acceptors (Lipinski definition) is 5. The molecule has 0 fully saturated rings. The van der Waals surface area contributed by atoms with Crippen LogP contribution in [-0.2, 0) is 4.57 Å². The molecule has 2 aromatic carbocycles. The van der Waals surface area contributed by atoms with Crippen molar-refractivity contribution in [2.24, 2.45) is 0 Å². The van der Waals surface area contributed by atoms with Gasteiger partial charge in [0.15, 0.2) is 11.5 Å². The van der Waals surface area contributed by atoms with Crippen molar-refractivity contribution in [1.29, 1.82) is 0 Å². The molecular formula is C18H21O7P. The molecule has 0 amide bonds. The molecule has 0 saturated carbocycles. The average Bonchev–Trinajstić information content (AvgIpc) is 2.64. The molecule has 0 saturated heterocycles. The van der Waals surface area contributed by atoms with Gasteiger partial charge < -0.3 is 28.7 Å². The summed E-state index contributed by atoms with van der Waals surface area (Å²) in [6.45, 7) is 0. The lowest BCUT2D eigenvalue weighted by Gasteiger charge is -2.13. The van der Waals surface area contributed by atoms with Crippen LogP contribution in [0.5, 0.6) is 23.0 Å². The Kier molecular flexibility index (Phi) is 6.32. The van der Waals surface area contributed by atoms with E-state index in [-0.39, 0.29) is 11.1 Å². The highest BCUT2D eigenvalue weighted by Gasteiger charge is 2.22. The van der Waals surface area contributed by atoms with E-state index in [1.165, 1.54) is 40.6 Å². The van der Waals surface area contributed by atoms with Crippen molar-refractivity contribution in [2.75, 3.05) is 28.4 Å². The summed E-state index contributed by atoms with van der Waals surface area (Å²) in [5.74, 6) is 1.65. The Morgan fingerprint density at radius 3 is 1.77 bits per heavy atom. The van der Waals surface area contributed by atoms with E-state index in [4.69, 9.17) is 18.9 Å². The molecule has 0 spiro atoms. The molecule has 0 aliphatic rings. The first kappa shape index (κ1) is 19.8. The minimum absolute atomic E-state index is 0.142. The van der Waals surface area contributed by atoms with Crippen LogP contribution in [0.4, 0.5) is 0 Å². The van der Waals surface area contributed by atoms with Gasteiger partial charge in [-0.1, -0.05) is 18.2 Å². The van der Waals surface area contributed by atoms with Gasteiger partial charge in [0.05, 0.1) is 28.4 Å². The van der Waals surface area contributed by atoms with Crippen molar-refractivity contribution in [3.05, 3.63) is 41.5 Å². The van der Waals surface area contributed by atoms with Gasteiger partial charge in [-0.2, -0.15) is 0 Å².